The highest BCUT2D eigenvalue weighted by Crippen LogP contribution is 2.31. The maximum absolute atomic E-state index is 12.7. The van der Waals surface area contributed by atoms with E-state index in [1.807, 2.05) is 59.6 Å². The number of hydrogen-bond donors (Lipinski definition) is 1. The van der Waals surface area contributed by atoms with Crippen LogP contribution in [0.1, 0.15) is 5.56 Å². The van der Waals surface area contributed by atoms with Crippen LogP contribution in [0.5, 0.6) is 5.75 Å². The third-order valence-corrected chi connectivity index (χ3v) is 4.05. The zero-order chi connectivity index (χ0) is 14.9. The van der Waals surface area contributed by atoms with E-state index in [4.69, 9.17) is 4.74 Å². The molecule has 3 aromatic rings. The number of aromatic nitrogens is 1. The molecule has 2 heterocycles. The van der Waals surface area contributed by atoms with Crippen LogP contribution in [-0.4, -0.2) is 24.0 Å². The summed E-state index contributed by atoms with van der Waals surface area (Å²) in [5.41, 5.74) is 2.95. The fourth-order valence-electron chi connectivity index (χ4n) is 2.96. The van der Waals surface area contributed by atoms with Crippen LogP contribution in [0.2, 0.25) is 0 Å². The highest BCUT2D eigenvalue weighted by Gasteiger charge is 2.23. The van der Waals surface area contributed by atoms with E-state index in [-0.39, 0.29) is 5.91 Å². The van der Waals surface area contributed by atoms with E-state index < -0.39 is 0 Å². The fourth-order valence-corrected chi connectivity index (χ4v) is 2.96. The minimum Gasteiger partial charge on any atom is -0.490 e. The van der Waals surface area contributed by atoms with Crippen molar-refractivity contribution in [3.8, 4) is 5.75 Å². The second-order valence-corrected chi connectivity index (χ2v) is 5.40. The molecule has 4 rings (SSSR count). The second kappa shape index (κ2) is 5.22. The number of aromatic amines is 1. The van der Waals surface area contributed by atoms with Crippen LogP contribution in [0.4, 0.5) is 5.69 Å². The van der Waals surface area contributed by atoms with E-state index >= 15 is 0 Å². The molecule has 110 valence electrons. The zero-order valence-corrected chi connectivity index (χ0v) is 12.1. The molecule has 22 heavy (non-hydrogen) atoms. The number of carbonyl (C=O) groups is 1. The maximum atomic E-state index is 12.7. The number of benzene rings is 2. The molecule has 1 amide bonds. The molecule has 0 radical (unpaired) electrons. The minimum atomic E-state index is 0.0977. The molecule has 0 unspecified atom stereocenters. The number of hydrogen-bond acceptors (Lipinski definition) is 2. The number of ether oxygens (including phenoxy) is 1. The summed E-state index contributed by atoms with van der Waals surface area (Å²) in [6, 6.07) is 15.7. The first-order valence-corrected chi connectivity index (χ1v) is 7.40. The number of para-hydroxylation sites is 3. The minimum absolute atomic E-state index is 0.0977. The summed E-state index contributed by atoms with van der Waals surface area (Å²) in [6.07, 6.45) is 2.31. The van der Waals surface area contributed by atoms with Crippen LogP contribution in [0.3, 0.4) is 0 Å². The van der Waals surface area contributed by atoms with Crippen molar-refractivity contribution in [2.45, 2.75) is 6.42 Å². The van der Waals surface area contributed by atoms with Gasteiger partial charge in [-0.1, -0.05) is 30.3 Å². The first kappa shape index (κ1) is 13.0. The highest BCUT2D eigenvalue weighted by molar-refractivity contribution is 5.98. The van der Waals surface area contributed by atoms with E-state index in [1.54, 1.807) is 0 Å². The number of rotatable bonds is 2. The van der Waals surface area contributed by atoms with E-state index in [0.29, 0.717) is 19.6 Å². The molecule has 2 aromatic carbocycles. The van der Waals surface area contributed by atoms with Crippen molar-refractivity contribution in [1.29, 1.82) is 0 Å². The summed E-state index contributed by atoms with van der Waals surface area (Å²) in [4.78, 5) is 17.8. The van der Waals surface area contributed by atoms with Crippen LogP contribution in [-0.2, 0) is 11.2 Å². The molecular formula is C18H16N2O2. The van der Waals surface area contributed by atoms with Crippen molar-refractivity contribution in [2.24, 2.45) is 0 Å². The molecule has 0 aliphatic carbocycles. The van der Waals surface area contributed by atoms with Gasteiger partial charge in [-0.15, -0.1) is 0 Å². The van der Waals surface area contributed by atoms with Crippen LogP contribution in [0.15, 0.2) is 54.7 Å². The molecule has 0 saturated carbocycles. The Morgan fingerprint density at radius 3 is 2.91 bits per heavy atom. The predicted molar refractivity (Wildman–Crippen MR) is 86.3 cm³/mol. The summed E-state index contributed by atoms with van der Waals surface area (Å²) in [5.74, 6) is 0.876. The molecule has 0 fully saturated rings. The van der Waals surface area contributed by atoms with E-state index in [1.165, 1.54) is 0 Å². The predicted octanol–water partition coefficient (Wildman–Crippen LogP) is 3.14. The third kappa shape index (κ3) is 2.13. The van der Waals surface area contributed by atoms with Gasteiger partial charge in [-0.2, -0.15) is 0 Å². The van der Waals surface area contributed by atoms with Gasteiger partial charge in [-0.25, -0.2) is 0 Å². The molecular weight excluding hydrogens is 276 g/mol. The van der Waals surface area contributed by atoms with Crippen LogP contribution < -0.4 is 9.64 Å². The number of carbonyl (C=O) groups excluding carboxylic acids is 1. The van der Waals surface area contributed by atoms with Crippen LogP contribution >= 0.6 is 0 Å². The molecule has 4 heteroatoms. The summed E-state index contributed by atoms with van der Waals surface area (Å²) >= 11 is 0. The normalized spacial score (nSPS) is 13.7. The SMILES string of the molecule is O=C(Cc1c[nH]c2ccccc12)N1CCOc2ccccc21. The molecule has 1 N–H and O–H groups in total. The summed E-state index contributed by atoms with van der Waals surface area (Å²) < 4.78 is 5.61. The van der Waals surface area contributed by atoms with Crippen molar-refractivity contribution >= 4 is 22.5 Å². The standard InChI is InChI=1S/C18H16N2O2/c21-18(11-13-12-19-15-6-2-1-5-14(13)15)20-9-10-22-17-8-4-3-7-16(17)20/h1-8,12,19H,9-11H2. The van der Waals surface area contributed by atoms with Crippen molar-refractivity contribution in [2.75, 3.05) is 18.1 Å². The molecule has 0 atom stereocenters. The average molecular weight is 292 g/mol. The zero-order valence-electron chi connectivity index (χ0n) is 12.1. The van der Waals surface area contributed by atoms with Gasteiger partial charge in [-0.3, -0.25) is 4.79 Å². The average Bonchev–Trinajstić information content (AvgIpc) is 2.97. The van der Waals surface area contributed by atoms with Crippen LogP contribution in [0, 0.1) is 0 Å². The highest BCUT2D eigenvalue weighted by atomic mass is 16.5. The first-order chi connectivity index (χ1) is 10.8. The van der Waals surface area contributed by atoms with Crippen molar-refractivity contribution in [1.82, 2.24) is 4.98 Å². The van der Waals surface area contributed by atoms with Gasteiger partial charge in [0, 0.05) is 17.1 Å². The number of anilines is 1. The lowest BCUT2D eigenvalue weighted by atomic mass is 10.1. The summed E-state index contributed by atoms with van der Waals surface area (Å²) in [6.45, 7) is 1.13. The van der Waals surface area contributed by atoms with E-state index in [9.17, 15) is 4.79 Å². The lowest BCUT2D eigenvalue weighted by Gasteiger charge is -2.29. The Morgan fingerprint density at radius 1 is 1.14 bits per heavy atom. The Labute approximate surface area is 128 Å². The molecule has 1 aromatic heterocycles. The second-order valence-electron chi connectivity index (χ2n) is 5.40. The van der Waals surface area contributed by atoms with Gasteiger partial charge < -0.3 is 14.6 Å². The van der Waals surface area contributed by atoms with Crippen molar-refractivity contribution in [3.05, 3.63) is 60.3 Å². The third-order valence-electron chi connectivity index (χ3n) is 4.05. The number of amides is 1. The Bertz CT molecular complexity index is 838. The Hall–Kier alpha value is -2.75. The molecule has 4 nitrogen and oxygen atoms in total. The molecule has 0 saturated heterocycles. The summed E-state index contributed by atoms with van der Waals surface area (Å²) in [7, 11) is 0. The lowest BCUT2D eigenvalue weighted by molar-refractivity contribution is -0.118. The number of nitrogens with zero attached hydrogens (tertiary/aromatic N) is 1. The van der Waals surface area contributed by atoms with Gasteiger partial charge in [-0.05, 0) is 23.8 Å². The van der Waals surface area contributed by atoms with Gasteiger partial charge in [0.05, 0.1) is 18.7 Å². The van der Waals surface area contributed by atoms with Gasteiger partial charge in [0.25, 0.3) is 0 Å². The largest absolute Gasteiger partial charge is 0.490 e. The number of fused-ring (bicyclic) bond motifs is 2. The van der Waals surface area contributed by atoms with Gasteiger partial charge in [0.1, 0.15) is 12.4 Å². The first-order valence-electron chi connectivity index (χ1n) is 7.40. The van der Waals surface area contributed by atoms with Gasteiger partial charge in [0.15, 0.2) is 0 Å². The van der Waals surface area contributed by atoms with Crippen molar-refractivity contribution < 1.29 is 9.53 Å². The quantitative estimate of drug-likeness (QED) is 0.788. The molecule has 1 aliphatic heterocycles. The topological polar surface area (TPSA) is 45.3 Å². The molecule has 1 aliphatic rings. The van der Waals surface area contributed by atoms with Gasteiger partial charge >= 0.3 is 0 Å². The van der Waals surface area contributed by atoms with Crippen LogP contribution in [0.25, 0.3) is 10.9 Å². The monoisotopic (exact) mass is 292 g/mol. The van der Waals surface area contributed by atoms with Gasteiger partial charge in [0.2, 0.25) is 5.91 Å². The lowest BCUT2D eigenvalue weighted by Crippen LogP contribution is -2.38. The molecule has 0 bridgehead atoms. The Balaban J connectivity index is 1.63. The smallest absolute Gasteiger partial charge is 0.231 e. The molecule has 0 spiro atoms. The Morgan fingerprint density at radius 2 is 1.95 bits per heavy atom. The number of H-pyrrole nitrogens is 1. The van der Waals surface area contributed by atoms with E-state index in [0.717, 1.165) is 27.9 Å². The summed E-state index contributed by atoms with van der Waals surface area (Å²) in [5, 5.41) is 1.11. The number of nitrogens with one attached hydrogen (secondary N) is 1. The maximum Gasteiger partial charge on any atom is 0.231 e. The van der Waals surface area contributed by atoms with Crippen molar-refractivity contribution in [3.63, 3.8) is 0 Å². The van der Waals surface area contributed by atoms with E-state index in [2.05, 4.69) is 4.98 Å². The Kier molecular flexibility index (Phi) is 3.07. The fraction of sp³-hybridized carbons (Fsp3) is 0.167.